The summed E-state index contributed by atoms with van der Waals surface area (Å²) in [6, 6.07) is 1.27. The van der Waals surface area contributed by atoms with Crippen LogP contribution in [0.1, 0.15) is 147 Å². The predicted octanol–water partition coefficient (Wildman–Crippen LogP) is 11.7. The van der Waals surface area contributed by atoms with Gasteiger partial charge in [0, 0.05) is 51.0 Å². The number of fused-ring (bicyclic) bond motifs is 5. The van der Waals surface area contributed by atoms with Crippen LogP contribution in [0.5, 0.6) is 0 Å². The summed E-state index contributed by atoms with van der Waals surface area (Å²) < 4.78 is 17.4. The van der Waals surface area contributed by atoms with E-state index >= 15 is 0 Å². The quantitative estimate of drug-likeness (QED) is 0.0545. The zero-order chi connectivity index (χ0) is 42.0. The Morgan fingerprint density at radius 2 is 1.55 bits per heavy atom. The van der Waals surface area contributed by atoms with Crippen molar-refractivity contribution in [1.29, 1.82) is 0 Å². The van der Waals surface area contributed by atoms with Gasteiger partial charge in [0.05, 0.1) is 4.92 Å². The number of hydrogen-bond acceptors (Lipinski definition) is 7. The molecule has 326 valence electrons. The lowest BCUT2D eigenvalue weighted by atomic mass is 9.47. The van der Waals surface area contributed by atoms with E-state index in [1.54, 1.807) is 12.5 Å². The van der Waals surface area contributed by atoms with E-state index in [-0.39, 0.29) is 33.2 Å². The Morgan fingerprint density at radius 1 is 0.879 bits per heavy atom. The number of rotatable bonds is 21. The average molecular weight is 849 g/mol. The van der Waals surface area contributed by atoms with Crippen molar-refractivity contribution < 1.29 is 28.7 Å². The van der Waals surface area contributed by atoms with Crippen molar-refractivity contribution in [2.24, 2.45) is 46.3 Å². The Balaban J connectivity index is 0.899. The smallest absolute Gasteiger partial charge is 0.407 e. The fourth-order valence-electron chi connectivity index (χ4n) is 11.5. The SMILES string of the molecule is Cc1c(Cl)cc(Cl)c([N+](=O)[O-])c1C(=O)NCCCOCCCCOCCCNC(=O)OC1CCC2(C)C(=CCC3C2CCC2(C)C(C(C)CCCC(C)C)CCC32)C1. The number of amides is 2. The normalized spacial score (nSPS) is 28.2. The maximum Gasteiger partial charge on any atom is 0.407 e. The van der Waals surface area contributed by atoms with E-state index in [9.17, 15) is 19.7 Å². The summed E-state index contributed by atoms with van der Waals surface area (Å²) in [6.45, 7) is 17.0. The molecule has 0 aliphatic heterocycles. The van der Waals surface area contributed by atoms with Gasteiger partial charge >= 0.3 is 11.8 Å². The van der Waals surface area contributed by atoms with Gasteiger partial charge in [0.15, 0.2) is 0 Å². The molecule has 0 radical (unpaired) electrons. The number of halogens is 2. The molecule has 8 unspecified atom stereocenters. The summed E-state index contributed by atoms with van der Waals surface area (Å²) in [7, 11) is 0. The second-order valence-corrected chi connectivity index (χ2v) is 19.6. The number of carbonyl (C=O) groups is 2. The summed E-state index contributed by atoms with van der Waals surface area (Å²) in [5, 5.41) is 17.1. The first-order valence-electron chi connectivity index (χ1n) is 22.4. The van der Waals surface area contributed by atoms with E-state index in [0.29, 0.717) is 56.9 Å². The van der Waals surface area contributed by atoms with Gasteiger partial charge < -0.3 is 24.8 Å². The van der Waals surface area contributed by atoms with E-state index in [1.807, 2.05) is 0 Å². The second-order valence-electron chi connectivity index (χ2n) is 18.8. The van der Waals surface area contributed by atoms with Gasteiger partial charge in [0.2, 0.25) is 0 Å². The molecule has 2 N–H and O–H groups in total. The maximum atomic E-state index is 12.7. The van der Waals surface area contributed by atoms with Gasteiger partial charge in [0.25, 0.3) is 5.91 Å². The average Bonchev–Trinajstić information content (AvgIpc) is 3.53. The van der Waals surface area contributed by atoms with Crippen LogP contribution >= 0.6 is 23.2 Å². The minimum atomic E-state index is -0.670. The summed E-state index contributed by atoms with van der Waals surface area (Å²) in [4.78, 5) is 36.2. The molecule has 8 atom stereocenters. The minimum Gasteiger partial charge on any atom is -0.446 e. The standard InChI is InChI=1S/C46H71Cl2N3O7/c1-30(2)12-9-13-31(3)36-16-17-37-35-15-14-33-28-34(18-20-45(33,5)38(35)19-21-46(36,37)6)58-44(53)50-23-11-27-57-25-8-7-24-56-26-10-22-49-43(52)41-32(4)39(47)29-40(48)42(41)51(54)55/h14,29-31,34-38H,7-13,15-28H2,1-6H3,(H,49,52)(H,50,53). The van der Waals surface area contributed by atoms with Gasteiger partial charge in [-0.1, -0.05) is 88.7 Å². The zero-order valence-electron chi connectivity index (χ0n) is 36.1. The molecule has 0 saturated heterocycles. The largest absolute Gasteiger partial charge is 0.446 e. The molecule has 58 heavy (non-hydrogen) atoms. The van der Waals surface area contributed by atoms with Crippen LogP contribution in [0.25, 0.3) is 0 Å². The molecular formula is C46H71Cl2N3O7. The van der Waals surface area contributed by atoms with Gasteiger partial charge in [-0.05, 0) is 136 Å². The van der Waals surface area contributed by atoms with E-state index in [2.05, 4.69) is 51.3 Å². The van der Waals surface area contributed by atoms with E-state index < -0.39 is 16.5 Å². The van der Waals surface area contributed by atoms with Crippen molar-refractivity contribution in [1.82, 2.24) is 10.6 Å². The highest BCUT2D eigenvalue weighted by molar-refractivity contribution is 6.37. The van der Waals surface area contributed by atoms with Crippen LogP contribution in [-0.4, -0.2) is 62.5 Å². The Morgan fingerprint density at radius 3 is 2.22 bits per heavy atom. The molecule has 3 fully saturated rings. The molecule has 0 spiro atoms. The summed E-state index contributed by atoms with van der Waals surface area (Å²) >= 11 is 12.1. The fraction of sp³-hybridized carbons (Fsp3) is 0.783. The van der Waals surface area contributed by atoms with Gasteiger partial charge in [-0.15, -0.1) is 0 Å². The number of nitro benzene ring substituents is 1. The molecule has 12 heteroatoms. The highest BCUT2D eigenvalue weighted by Crippen LogP contribution is 2.67. The number of carbonyl (C=O) groups excluding carboxylic acids is 2. The number of allylic oxidation sites excluding steroid dienone is 1. The lowest BCUT2D eigenvalue weighted by Crippen LogP contribution is -2.51. The molecule has 2 amide bonds. The highest BCUT2D eigenvalue weighted by Gasteiger charge is 2.59. The number of ether oxygens (including phenoxy) is 3. The summed E-state index contributed by atoms with van der Waals surface area (Å²) in [5.41, 5.74) is 2.03. The molecule has 0 heterocycles. The van der Waals surface area contributed by atoms with E-state index in [4.69, 9.17) is 37.4 Å². The van der Waals surface area contributed by atoms with Crippen molar-refractivity contribution in [2.75, 3.05) is 39.5 Å². The predicted molar refractivity (Wildman–Crippen MR) is 232 cm³/mol. The molecule has 1 aromatic carbocycles. The molecule has 4 aliphatic carbocycles. The highest BCUT2D eigenvalue weighted by atomic mass is 35.5. The van der Waals surface area contributed by atoms with Crippen LogP contribution in [0.2, 0.25) is 10.0 Å². The molecule has 3 saturated carbocycles. The molecule has 0 aromatic heterocycles. The maximum absolute atomic E-state index is 12.7. The van der Waals surface area contributed by atoms with Gasteiger partial charge in [-0.25, -0.2) is 4.79 Å². The molecule has 1 aromatic rings. The van der Waals surface area contributed by atoms with Crippen molar-refractivity contribution in [2.45, 2.75) is 144 Å². The minimum absolute atomic E-state index is 0.0497. The Hall–Kier alpha value is -2.40. The van der Waals surface area contributed by atoms with Crippen molar-refractivity contribution in [3.8, 4) is 0 Å². The van der Waals surface area contributed by atoms with E-state index in [1.165, 1.54) is 57.4 Å². The number of nitro groups is 1. The fourth-order valence-corrected chi connectivity index (χ4v) is 12.1. The van der Waals surface area contributed by atoms with Crippen molar-refractivity contribution in [3.05, 3.63) is 49.0 Å². The van der Waals surface area contributed by atoms with Crippen molar-refractivity contribution in [3.63, 3.8) is 0 Å². The van der Waals surface area contributed by atoms with Crippen LogP contribution in [0.4, 0.5) is 10.5 Å². The number of hydrogen-bond donors (Lipinski definition) is 2. The van der Waals surface area contributed by atoms with Crippen LogP contribution < -0.4 is 10.6 Å². The van der Waals surface area contributed by atoms with Gasteiger partial charge in [-0.2, -0.15) is 0 Å². The first kappa shape index (κ1) is 46.7. The summed E-state index contributed by atoms with van der Waals surface area (Å²) in [5.74, 6) is 4.34. The van der Waals surface area contributed by atoms with Crippen LogP contribution in [0.15, 0.2) is 17.7 Å². The first-order valence-corrected chi connectivity index (χ1v) is 23.1. The number of nitrogens with one attached hydrogen (secondary N) is 2. The number of nitrogens with zero attached hydrogens (tertiary/aromatic N) is 1. The molecule has 10 nitrogen and oxygen atoms in total. The van der Waals surface area contributed by atoms with Gasteiger partial charge in [0.1, 0.15) is 16.7 Å². The second kappa shape index (κ2) is 21.4. The third-order valence-electron chi connectivity index (χ3n) is 14.7. The molecule has 4 aliphatic rings. The third-order valence-corrected chi connectivity index (χ3v) is 15.4. The Bertz CT molecular complexity index is 1600. The summed E-state index contributed by atoms with van der Waals surface area (Å²) in [6.07, 6.45) is 19.0. The first-order chi connectivity index (χ1) is 27.7. The topological polar surface area (TPSA) is 129 Å². The van der Waals surface area contributed by atoms with Crippen LogP contribution in [0, 0.1) is 63.4 Å². The number of benzene rings is 1. The lowest BCUT2D eigenvalue weighted by molar-refractivity contribution is -0.385. The zero-order valence-corrected chi connectivity index (χ0v) is 37.6. The number of unbranched alkanes of at least 4 members (excludes halogenated alkanes) is 1. The Kier molecular flexibility index (Phi) is 17.2. The van der Waals surface area contributed by atoms with Crippen molar-refractivity contribution >= 4 is 40.9 Å². The molecular weight excluding hydrogens is 777 g/mol. The van der Waals surface area contributed by atoms with Crippen LogP contribution in [0.3, 0.4) is 0 Å². The third kappa shape index (κ3) is 11.3. The molecule has 5 rings (SSSR count). The number of alkyl carbamates (subject to hydrolysis) is 1. The molecule has 0 bridgehead atoms. The van der Waals surface area contributed by atoms with E-state index in [0.717, 1.165) is 74.0 Å². The lowest BCUT2D eigenvalue weighted by Gasteiger charge is -2.58. The Labute approximate surface area is 357 Å². The van der Waals surface area contributed by atoms with Gasteiger partial charge in [-0.3, -0.25) is 14.9 Å². The van der Waals surface area contributed by atoms with Crippen LogP contribution in [-0.2, 0) is 14.2 Å². The monoisotopic (exact) mass is 847 g/mol.